The highest BCUT2D eigenvalue weighted by molar-refractivity contribution is 9.10. The molecule has 0 saturated heterocycles. The van der Waals surface area contributed by atoms with Crippen LogP contribution in [0.5, 0.6) is 0 Å². The number of anilines is 1. The fourth-order valence-corrected chi connectivity index (χ4v) is 3.19. The number of hydrogen-bond donors (Lipinski definition) is 2. The summed E-state index contributed by atoms with van der Waals surface area (Å²) < 4.78 is 1.02. The van der Waals surface area contributed by atoms with Crippen molar-refractivity contribution in [3.8, 4) is 0 Å². The van der Waals surface area contributed by atoms with Gasteiger partial charge in [0.25, 0.3) is 0 Å². The number of nitrogens with two attached hydrogens (primary N) is 1. The number of thiocarbonyl (C=S) groups is 1. The van der Waals surface area contributed by atoms with Crippen LogP contribution in [0.3, 0.4) is 0 Å². The Balaban J connectivity index is 1.74. The zero-order valence-corrected chi connectivity index (χ0v) is 13.3. The van der Waals surface area contributed by atoms with Crippen molar-refractivity contribution in [2.75, 3.05) is 11.9 Å². The van der Waals surface area contributed by atoms with Gasteiger partial charge >= 0.3 is 0 Å². The summed E-state index contributed by atoms with van der Waals surface area (Å²) >= 11 is 8.59. The lowest BCUT2D eigenvalue weighted by Gasteiger charge is -2.30. The minimum atomic E-state index is 0.425. The van der Waals surface area contributed by atoms with Crippen molar-refractivity contribution in [3.05, 3.63) is 63.6 Å². The van der Waals surface area contributed by atoms with Crippen molar-refractivity contribution in [1.29, 1.82) is 0 Å². The van der Waals surface area contributed by atoms with Gasteiger partial charge in [-0.3, -0.25) is 0 Å². The summed E-state index contributed by atoms with van der Waals surface area (Å²) in [5.74, 6) is 0.573. The van der Waals surface area contributed by atoms with Crippen molar-refractivity contribution >= 4 is 38.8 Å². The van der Waals surface area contributed by atoms with Crippen molar-refractivity contribution in [1.82, 2.24) is 0 Å². The molecule has 2 nitrogen and oxygen atoms in total. The van der Waals surface area contributed by atoms with Crippen LogP contribution in [-0.2, 0) is 6.42 Å². The van der Waals surface area contributed by atoms with Crippen LogP contribution in [-0.4, -0.2) is 11.5 Å². The van der Waals surface area contributed by atoms with Crippen LogP contribution < -0.4 is 11.1 Å². The monoisotopic (exact) mass is 346 g/mol. The largest absolute Gasteiger partial charge is 0.389 e. The molecule has 1 aliphatic rings. The molecule has 102 valence electrons. The van der Waals surface area contributed by atoms with Gasteiger partial charge in [-0.1, -0.05) is 52.4 Å². The molecule has 0 fully saturated rings. The van der Waals surface area contributed by atoms with E-state index in [-0.39, 0.29) is 0 Å². The smallest absolute Gasteiger partial charge is 0.106 e. The van der Waals surface area contributed by atoms with Gasteiger partial charge in [0, 0.05) is 28.2 Å². The third-order valence-corrected chi connectivity index (χ3v) is 4.46. The van der Waals surface area contributed by atoms with Gasteiger partial charge in [0.2, 0.25) is 0 Å². The fraction of sp³-hybridized carbons (Fsp3) is 0.188. The van der Waals surface area contributed by atoms with Gasteiger partial charge in [-0.05, 0) is 35.7 Å². The lowest BCUT2D eigenvalue weighted by molar-refractivity contribution is 0.636. The second-order valence-corrected chi connectivity index (χ2v) is 6.39. The Morgan fingerprint density at radius 2 is 2.10 bits per heavy atom. The molecular weight excluding hydrogens is 332 g/mol. The topological polar surface area (TPSA) is 38.0 Å². The highest BCUT2D eigenvalue weighted by Gasteiger charge is 2.25. The van der Waals surface area contributed by atoms with Crippen molar-refractivity contribution < 1.29 is 0 Å². The van der Waals surface area contributed by atoms with Gasteiger partial charge in [0.15, 0.2) is 0 Å². The Labute approximate surface area is 132 Å². The average Bonchev–Trinajstić information content (AvgIpc) is 2.39. The Morgan fingerprint density at radius 3 is 2.85 bits per heavy atom. The van der Waals surface area contributed by atoms with E-state index in [1.165, 1.54) is 11.1 Å². The van der Waals surface area contributed by atoms with E-state index in [1.54, 1.807) is 0 Å². The van der Waals surface area contributed by atoms with Gasteiger partial charge in [-0.25, -0.2) is 0 Å². The molecule has 0 radical (unpaired) electrons. The molecule has 0 amide bonds. The molecule has 1 aliphatic carbocycles. The lowest BCUT2D eigenvalue weighted by Crippen LogP contribution is -2.25. The van der Waals surface area contributed by atoms with E-state index in [2.05, 4.69) is 45.5 Å². The van der Waals surface area contributed by atoms with Gasteiger partial charge in [-0.2, -0.15) is 0 Å². The Bertz CT molecular complexity index is 669. The highest BCUT2D eigenvalue weighted by atomic mass is 79.9. The van der Waals surface area contributed by atoms with Gasteiger partial charge in [0.05, 0.1) is 0 Å². The van der Waals surface area contributed by atoms with E-state index in [9.17, 15) is 0 Å². The van der Waals surface area contributed by atoms with E-state index >= 15 is 0 Å². The molecule has 0 aromatic heterocycles. The molecule has 2 aromatic rings. The maximum atomic E-state index is 5.77. The summed E-state index contributed by atoms with van der Waals surface area (Å²) in [5, 5.41) is 3.48. The predicted molar refractivity (Wildman–Crippen MR) is 91.4 cm³/mol. The molecule has 4 heteroatoms. The Hall–Kier alpha value is -1.39. The van der Waals surface area contributed by atoms with Crippen LogP contribution in [0.1, 0.15) is 22.6 Å². The third-order valence-electron chi connectivity index (χ3n) is 3.75. The second-order valence-electron chi connectivity index (χ2n) is 5.03. The van der Waals surface area contributed by atoms with E-state index in [1.807, 2.05) is 18.2 Å². The Morgan fingerprint density at radius 1 is 1.30 bits per heavy atom. The first-order valence-electron chi connectivity index (χ1n) is 6.56. The van der Waals surface area contributed by atoms with Crippen LogP contribution in [0, 0.1) is 0 Å². The molecule has 0 aliphatic heterocycles. The normalized spacial score (nSPS) is 16.1. The fourth-order valence-electron chi connectivity index (χ4n) is 2.66. The molecule has 3 N–H and O–H groups in total. The standard InChI is InChI=1S/C16H15BrN2S/c17-12-5-6-14(16(18)20)15(8-12)19-9-11-7-10-3-1-2-4-13(10)11/h1-6,8,11,19H,7,9H2,(H2,18,20). The number of benzene rings is 2. The molecule has 0 spiro atoms. The van der Waals surface area contributed by atoms with Crippen molar-refractivity contribution in [2.24, 2.45) is 5.73 Å². The highest BCUT2D eigenvalue weighted by Crippen LogP contribution is 2.35. The van der Waals surface area contributed by atoms with Crippen LogP contribution >= 0.6 is 28.1 Å². The first kappa shape index (κ1) is 13.6. The van der Waals surface area contributed by atoms with E-state index in [0.29, 0.717) is 10.9 Å². The molecule has 20 heavy (non-hydrogen) atoms. The summed E-state index contributed by atoms with van der Waals surface area (Å²) in [6.45, 7) is 0.906. The quantitative estimate of drug-likeness (QED) is 0.826. The lowest BCUT2D eigenvalue weighted by atomic mass is 9.77. The van der Waals surface area contributed by atoms with E-state index < -0.39 is 0 Å². The van der Waals surface area contributed by atoms with Crippen LogP contribution in [0.2, 0.25) is 0 Å². The maximum Gasteiger partial charge on any atom is 0.106 e. The zero-order chi connectivity index (χ0) is 14.1. The van der Waals surface area contributed by atoms with Crippen LogP contribution in [0.25, 0.3) is 0 Å². The predicted octanol–water partition coefficient (Wildman–Crippen LogP) is 3.84. The molecule has 1 atom stereocenters. The van der Waals surface area contributed by atoms with E-state index in [4.69, 9.17) is 18.0 Å². The van der Waals surface area contributed by atoms with Crippen LogP contribution in [0.15, 0.2) is 46.9 Å². The minimum Gasteiger partial charge on any atom is -0.389 e. The first-order valence-corrected chi connectivity index (χ1v) is 7.76. The zero-order valence-electron chi connectivity index (χ0n) is 10.9. The number of fused-ring (bicyclic) bond motifs is 1. The maximum absolute atomic E-state index is 5.77. The average molecular weight is 347 g/mol. The van der Waals surface area contributed by atoms with Gasteiger partial charge in [0.1, 0.15) is 4.99 Å². The van der Waals surface area contributed by atoms with Crippen LogP contribution in [0.4, 0.5) is 5.69 Å². The number of hydrogen-bond acceptors (Lipinski definition) is 2. The number of halogens is 1. The second kappa shape index (κ2) is 5.54. The summed E-state index contributed by atoms with van der Waals surface area (Å²) in [6.07, 6.45) is 1.14. The Kier molecular flexibility index (Phi) is 3.76. The van der Waals surface area contributed by atoms with E-state index in [0.717, 1.165) is 28.7 Å². The summed E-state index contributed by atoms with van der Waals surface area (Å²) in [5.41, 5.74) is 10.6. The molecule has 0 bridgehead atoms. The molecule has 3 rings (SSSR count). The van der Waals surface area contributed by atoms with Gasteiger partial charge in [-0.15, -0.1) is 0 Å². The van der Waals surface area contributed by atoms with Crippen molar-refractivity contribution in [2.45, 2.75) is 12.3 Å². The third kappa shape index (κ3) is 2.58. The first-order chi connectivity index (χ1) is 9.65. The molecule has 0 heterocycles. The molecular formula is C16H15BrN2S. The molecule has 1 unspecified atom stereocenters. The minimum absolute atomic E-state index is 0.425. The van der Waals surface area contributed by atoms with Gasteiger partial charge < -0.3 is 11.1 Å². The summed E-state index contributed by atoms with van der Waals surface area (Å²) in [7, 11) is 0. The SMILES string of the molecule is NC(=S)c1ccc(Br)cc1NCC1Cc2ccccc21. The molecule has 2 aromatic carbocycles. The summed E-state index contributed by atoms with van der Waals surface area (Å²) in [4.78, 5) is 0.425. The summed E-state index contributed by atoms with van der Waals surface area (Å²) in [6, 6.07) is 14.5. The number of nitrogens with one attached hydrogen (secondary N) is 1. The van der Waals surface area contributed by atoms with Crippen molar-refractivity contribution in [3.63, 3.8) is 0 Å². The number of rotatable bonds is 4. The molecule has 0 saturated carbocycles.